The monoisotopic (exact) mass is 304 g/mol. The summed E-state index contributed by atoms with van der Waals surface area (Å²) < 4.78 is 19.7. The van der Waals surface area contributed by atoms with Crippen LogP contribution < -0.4 is 13.9 Å². The molecule has 0 fully saturated rings. The number of halogens is 1. The SMILES string of the molecule is COc1ccc2c(c1)N(C)C(=O)N(c1ccc(F)cc1)S2. The number of carbonyl (C=O) groups is 1. The van der Waals surface area contributed by atoms with E-state index in [1.54, 1.807) is 31.2 Å². The van der Waals surface area contributed by atoms with Gasteiger partial charge < -0.3 is 4.74 Å². The zero-order valence-corrected chi connectivity index (χ0v) is 12.4. The summed E-state index contributed by atoms with van der Waals surface area (Å²) >= 11 is 1.31. The Morgan fingerprint density at radius 1 is 1.14 bits per heavy atom. The maximum Gasteiger partial charge on any atom is 0.339 e. The van der Waals surface area contributed by atoms with E-state index in [1.165, 1.54) is 28.4 Å². The normalized spacial score (nSPS) is 14.1. The molecule has 1 aliphatic rings. The van der Waals surface area contributed by atoms with Gasteiger partial charge in [0.15, 0.2) is 0 Å². The Morgan fingerprint density at radius 3 is 2.52 bits per heavy atom. The van der Waals surface area contributed by atoms with E-state index in [9.17, 15) is 9.18 Å². The lowest BCUT2D eigenvalue weighted by Crippen LogP contribution is -2.40. The summed E-state index contributed by atoms with van der Waals surface area (Å²) in [6.07, 6.45) is 0. The standard InChI is InChI=1S/C15H13FN2O2S/c1-17-13-9-12(20-2)7-8-14(13)21-18(15(17)19)11-5-3-10(16)4-6-11/h3-9H,1-2H3. The van der Waals surface area contributed by atoms with E-state index >= 15 is 0 Å². The highest BCUT2D eigenvalue weighted by atomic mass is 32.2. The molecule has 2 amide bonds. The molecule has 3 rings (SSSR count). The molecule has 0 atom stereocenters. The van der Waals surface area contributed by atoms with Crippen molar-refractivity contribution in [3.63, 3.8) is 0 Å². The molecule has 1 heterocycles. The molecule has 6 heteroatoms. The first kappa shape index (κ1) is 13.8. The lowest BCUT2D eigenvalue weighted by Gasteiger charge is -2.33. The van der Waals surface area contributed by atoms with Gasteiger partial charge in [0.1, 0.15) is 11.6 Å². The van der Waals surface area contributed by atoms with E-state index in [2.05, 4.69) is 0 Å². The van der Waals surface area contributed by atoms with Crippen LogP contribution >= 0.6 is 11.9 Å². The summed E-state index contributed by atoms with van der Waals surface area (Å²) in [7, 11) is 3.29. The van der Waals surface area contributed by atoms with Crippen LogP contribution in [0.4, 0.5) is 20.6 Å². The van der Waals surface area contributed by atoms with E-state index in [4.69, 9.17) is 4.74 Å². The smallest absolute Gasteiger partial charge is 0.339 e. The minimum absolute atomic E-state index is 0.188. The summed E-state index contributed by atoms with van der Waals surface area (Å²) in [5.41, 5.74) is 1.43. The molecule has 0 saturated heterocycles. The molecule has 0 aromatic heterocycles. The maximum absolute atomic E-state index is 13.0. The Bertz CT molecular complexity index is 691. The number of hydrogen-bond acceptors (Lipinski definition) is 3. The van der Waals surface area contributed by atoms with Crippen molar-refractivity contribution in [1.82, 2.24) is 0 Å². The first-order chi connectivity index (χ1) is 10.1. The van der Waals surface area contributed by atoms with E-state index < -0.39 is 0 Å². The predicted octanol–water partition coefficient (Wildman–Crippen LogP) is 3.92. The first-order valence-electron chi connectivity index (χ1n) is 6.29. The van der Waals surface area contributed by atoms with Crippen LogP contribution in [0.25, 0.3) is 0 Å². The number of methoxy groups -OCH3 is 1. The van der Waals surface area contributed by atoms with E-state index in [-0.39, 0.29) is 11.8 Å². The van der Waals surface area contributed by atoms with Gasteiger partial charge in [-0.05, 0) is 48.3 Å². The predicted molar refractivity (Wildman–Crippen MR) is 81.5 cm³/mol. The molecule has 2 aromatic carbocycles. The third-order valence-electron chi connectivity index (χ3n) is 3.24. The summed E-state index contributed by atoms with van der Waals surface area (Å²) in [6, 6.07) is 11.2. The third-order valence-corrected chi connectivity index (χ3v) is 4.33. The number of carbonyl (C=O) groups excluding carboxylic acids is 1. The fourth-order valence-corrected chi connectivity index (χ4v) is 3.12. The summed E-state index contributed by atoms with van der Waals surface area (Å²) in [6.45, 7) is 0. The molecule has 1 aliphatic heterocycles. The fraction of sp³-hybridized carbons (Fsp3) is 0.133. The van der Waals surface area contributed by atoms with Crippen molar-refractivity contribution in [2.75, 3.05) is 23.4 Å². The quantitative estimate of drug-likeness (QED) is 0.788. The molecule has 108 valence electrons. The number of benzene rings is 2. The van der Waals surface area contributed by atoms with Crippen LogP contribution in [0.15, 0.2) is 47.4 Å². The number of nitrogens with zero attached hydrogens (tertiary/aromatic N) is 2. The molecule has 0 bridgehead atoms. The second kappa shape index (κ2) is 5.29. The minimum atomic E-state index is -0.327. The largest absolute Gasteiger partial charge is 0.497 e. The molecule has 2 aromatic rings. The van der Waals surface area contributed by atoms with Crippen LogP contribution in [0.5, 0.6) is 5.75 Å². The van der Waals surface area contributed by atoms with Gasteiger partial charge in [-0.1, -0.05) is 0 Å². The molecule has 0 radical (unpaired) electrons. The molecular weight excluding hydrogens is 291 g/mol. The van der Waals surface area contributed by atoms with E-state index in [0.29, 0.717) is 11.4 Å². The second-order valence-corrected chi connectivity index (χ2v) is 5.52. The van der Waals surface area contributed by atoms with Crippen LogP contribution in [0.1, 0.15) is 0 Å². The number of urea groups is 1. The molecule has 0 aliphatic carbocycles. The van der Waals surface area contributed by atoms with E-state index in [0.717, 1.165) is 10.6 Å². The van der Waals surface area contributed by atoms with Gasteiger partial charge in [0.25, 0.3) is 0 Å². The fourth-order valence-electron chi connectivity index (χ4n) is 2.08. The van der Waals surface area contributed by atoms with Crippen molar-refractivity contribution in [3.05, 3.63) is 48.3 Å². The third kappa shape index (κ3) is 2.42. The molecule has 0 unspecified atom stereocenters. The summed E-state index contributed by atoms with van der Waals surface area (Å²) in [5.74, 6) is 0.371. The van der Waals surface area contributed by atoms with Gasteiger partial charge in [0.05, 0.1) is 23.4 Å². The number of fused-ring (bicyclic) bond motifs is 1. The highest BCUT2D eigenvalue weighted by molar-refractivity contribution is 8.01. The number of anilines is 2. The minimum Gasteiger partial charge on any atom is -0.497 e. The van der Waals surface area contributed by atoms with Crippen molar-refractivity contribution in [3.8, 4) is 5.75 Å². The first-order valence-corrected chi connectivity index (χ1v) is 7.07. The van der Waals surface area contributed by atoms with Crippen LogP contribution in [-0.2, 0) is 0 Å². The average molecular weight is 304 g/mol. The van der Waals surface area contributed by atoms with Crippen LogP contribution in [0.3, 0.4) is 0 Å². The number of ether oxygens (including phenoxy) is 1. The lowest BCUT2D eigenvalue weighted by atomic mass is 10.2. The van der Waals surface area contributed by atoms with Crippen molar-refractivity contribution in [1.29, 1.82) is 0 Å². The lowest BCUT2D eigenvalue weighted by molar-refractivity contribution is 0.255. The summed E-state index contributed by atoms with van der Waals surface area (Å²) in [5, 5.41) is 0. The van der Waals surface area contributed by atoms with Gasteiger partial charge in [0, 0.05) is 13.1 Å². The Labute approximate surface area is 126 Å². The zero-order valence-electron chi connectivity index (χ0n) is 11.5. The Kier molecular flexibility index (Phi) is 3.47. The van der Waals surface area contributed by atoms with Crippen molar-refractivity contribution in [2.24, 2.45) is 0 Å². The van der Waals surface area contributed by atoms with Gasteiger partial charge in [0.2, 0.25) is 0 Å². The molecule has 0 spiro atoms. The Balaban J connectivity index is 1.99. The highest BCUT2D eigenvalue weighted by Gasteiger charge is 2.30. The van der Waals surface area contributed by atoms with E-state index in [1.807, 2.05) is 18.2 Å². The number of rotatable bonds is 2. The maximum atomic E-state index is 13.0. The highest BCUT2D eigenvalue weighted by Crippen LogP contribution is 2.42. The van der Waals surface area contributed by atoms with Crippen molar-refractivity contribution in [2.45, 2.75) is 4.90 Å². The zero-order chi connectivity index (χ0) is 15.0. The molecular formula is C15H13FN2O2S. The number of hydrogen-bond donors (Lipinski definition) is 0. The van der Waals surface area contributed by atoms with Crippen molar-refractivity contribution < 1.29 is 13.9 Å². The Morgan fingerprint density at radius 2 is 1.86 bits per heavy atom. The van der Waals surface area contributed by atoms with Gasteiger partial charge in [-0.3, -0.25) is 4.90 Å². The summed E-state index contributed by atoms with van der Waals surface area (Å²) in [4.78, 5) is 15.0. The van der Waals surface area contributed by atoms with Crippen molar-refractivity contribution >= 4 is 29.4 Å². The molecule has 0 N–H and O–H groups in total. The molecule has 21 heavy (non-hydrogen) atoms. The molecule has 0 saturated carbocycles. The van der Waals surface area contributed by atoms with Gasteiger partial charge in [-0.25, -0.2) is 13.5 Å². The van der Waals surface area contributed by atoms with Gasteiger partial charge in [-0.2, -0.15) is 0 Å². The average Bonchev–Trinajstić information content (AvgIpc) is 2.51. The van der Waals surface area contributed by atoms with Gasteiger partial charge >= 0.3 is 6.03 Å². The topological polar surface area (TPSA) is 32.8 Å². The van der Waals surface area contributed by atoms with Crippen LogP contribution in [0, 0.1) is 5.82 Å². The number of amides is 2. The van der Waals surface area contributed by atoms with Crippen LogP contribution in [-0.4, -0.2) is 20.2 Å². The Hall–Kier alpha value is -2.21. The molecule has 4 nitrogen and oxygen atoms in total. The van der Waals surface area contributed by atoms with Crippen LogP contribution in [0.2, 0.25) is 0 Å². The second-order valence-electron chi connectivity index (χ2n) is 4.54. The van der Waals surface area contributed by atoms with Gasteiger partial charge in [-0.15, -0.1) is 0 Å².